The van der Waals surface area contributed by atoms with Gasteiger partial charge in [-0.1, -0.05) is 0 Å². The van der Waals surface area contributed by atoms with Gasteiger partial charge in [-0.05, 0) is 39.2 Å². The van der Waals surface area contributed by atoms with Crippen molar-refractivity contribution >= 4 is 5.82 Å². The topological polar surface area (TPSA) is 77.4 Å². The standard InChI is InChI=1S/C19H26N6O/c1-24(2)16-11-25(12-17(16)26)19-14-5-9-21-10-6-15(14)22-18(23-19)13-3-7-20-8-4-13/h3-4,7-8,16-17,21,26H,5-6,9-12H2,1-2H3/t16-,17-/m0/s1. The molecular weight excluding hydrogens is 328 g/mol. The SMILES string of the molecule is CN(C)[C@H]1CN(c2nc(-c3ccncc3)nc3c2CCNCC3)C[C@@H]1O. The second-order valence-electron chi connectivity index (χ2n) is 7.29. The fraction of sp³-hybridized carbons (Fsp3) is 0.526. The summed E-state index contributed by atoms with van der Waals surface area (Å²) in [6.07, 6.45) is 4.99. The molecule has 7 heteroatoms. The zero-order valence-corrected chi connectivity index (χ0v) is 15.4. The van der Waals surface area contributed by atoms with Gasteiger partial charge in [-0.25, -0.2) is 9.97 Å². The molecule has 4 rings (SSSR count). The van der Waals surface area contributed by atoms with E-state index in [0.29, 0.717) is 6.54 Å². The molecule has 2 aliphatic heterocycles. The Kier molecular flexibility index (Phi) is 4.84. The maximum absolute atomic E-state index is 10.5. The lowest BCUT2D eigenvalue weighted by atomic mass is 10.1. The molecule has 4 heterocycles. The summed E-state index contributed by atoms with van der Waals surface area (Å²) >= 11 is 0. The molecule has 0 spiro atoms. The van der Waals surface area contributed by atoms with Crippen LogP contribution in [0.15, 0.2) is 24.5 Å². The van der Waals surface area contributed by atoms with E-state index in [1.165, 1.54) is 5.56 Å². The van der Waals surface area contributed by atoms with E-state index in [1.807, 2.05) is 26.2 Å². The van der Waals surface area contributed by atoms with Gasteiger partial charge in [0.05, 0.1) is 17.8 Å². The van der Waals surface area contributed by atoms with Crippen LogP contribution in [0.4, 0.5) is 5.82 Å². The number of pyridine rings is 1. The maximum Gasteiger partial charge on any atom is 0.161 e. The first kappa shape index (κ1) is 17.3. The first-order chi connectivity index (χ1) is 12.6. The van der Waals surface area contributed by atoms with Crippen LogP contribution in [0.25, 0.3) is 11.4 Å². The first-order valence-corrected chi connectivity index (χ1v) is 9.24. The molecule has 0 aliphatic carbocycles. The summed E-state index contributed by atoms with van der Waals surface area (Å²) < 4.78 is 0. The van der Waals surface area contributed by atoms with Gasteiger partial charge >= 0.3 is 0 Å². The molecule has 0 saturated carbocycles. The predicted molar refractivity (Wildman–Crippen MR) is 101 cm³/mol. The van der Waals surface area contributed by atoms with Gasteiger partial charge in [-0.15, -0.1) is 0 Å². The van der Waals surface area contributed by atoms with Crippen molar-refractivity contribution in [2.45, 2.75) is 25.0 Å². The normalized spacial score (nSPS) is 23.2. The summed E-state index contributed by atoms with van der Waals surface area (Å²) in [5, 5.41) is 13.9. The minimum Gasteiger partial charge on any atom is -0.390 e. The number of aromatic nitrogens is 3. The smallest absolute Gasteiger partial charge is 0.161 e. The van der Waals surface area contributed by atoms with E-state index in [1.54, 1.807) is 12.4 Å². The molecule has 26 heavy (non-hydrogen) atoms. The number of rotatable bonds is 3. The van der Waals surface area contributed by atoms with Gasteiger partial charge in [0.2, 0.25) is 0 Å². The van der Waals surface area contributed by atoms with Crippen molar-refractivity contribution < 1.29 is 5.11 Å². The number of likely N-dealkylation sites (N-methyl/N-ethyl adjacent to an activating group) is 1. The molecule has 1 fully saturated rings. The molecule has 1 saturated heterocycles. The van der Waals surface area contributed by atoms with Gasteiger partial charge in [0.25, 0.3) is 0 Å². The van der Waals surface area contributed by atoms with E-state index in [0.717, 1.165) is 55.4 Å². The highest BCUT2D eigenvalue weighted by Crippen LogP contribution is 2.30. The molecule has 2 aromatic rings. The van der Waals surface area contributed by atoms with Crippen LogP contribution in [0.1, 0.15) is 11.3 Å². The van der Waals surface area contributed by atoms with E-state index in [-0.39, 0.29) is 12.1 Å². The number of β-amino-alcohol motifs (C(OH)–C–C–N with tert-alkyl or cyclic N) is 1. The third kappa shape index (κ3) is 3.30. The summed E-state index contributed by atoms with van der Waals surface area (Å²) in [7, 11) is 4.04. The van der Waals surface area contributed by atoms with E-state index in [9.17, 15) is 5.11 Å². The minimum atomic E-state index is -0.371. The van der Waals surface area contributed by atoms with Gasteiger partial charge in [0.15, 0.2) is 5.82 Å². The zero-order valence-electron chi connectivity index (χ0n) is 15.4. The lowest BCUT2D eigenvalue weighted by molar-refractivity contribution is 0.114. The van der Waals surface area contributed by atoms with Crippen LogP contribution < -0.4 is 10.2 Å². The Morgan fingerprint density at radius 1 is 1.12 bits per heavy atom. The molecule has 7 nitrogen and oxygen atoms in total. The quantitative estimate of drug-likeness (QED) is 0.823. The number of aliphatic hydroxyl groups is 1. The molecular formula is C19H26N6O. The second kappa shape index (κ2) is 7.26. The van der Waals surface area contributed by atoms with E-state index in [2.05, 4.69) is 20.1 Å². The number of nitrogens with zero attached hydrogens (tertiary/aromatic N) is 5. The van der Waals surface area contributed by atoms with Crippen LogP contribution >= 0.6 is 0 Å². The molecule has 2 atom stereocenters. The average molecular weight is 354 g/mol. The Balaban J connectivity index is 1.77. The van der Waals surface area contributed by atoms with Crippen molar-refractivity contribution in [2.75, 3.05) is 45.2 Å². The molecule has 138 valence electrons. The third-order valence-electron chi connectivity index (χ3n) is 5.32. The minimum absolute atomic E-state index is 0.119. The summed E-state index contributed by atoms with van der Waals surface area (Å²) in [5.41, 5.74) is 3.32. The van der Waals surface area contributed by atoms with Crippen molar-refractivity contribution in [2.24, 2.45) is 0 Å². The first-order valence-electron chi connectivity index (χ1n) is 9.24. The number of aliphatic hydroxyl groups excluding tert-OH is 1. The number of anilines is 1. The van der Waals surface area contributed by atoms with Crippen LogP contribution in [-0.4, -0.2) is 77.4 Å². The molecule has 0 aromatic carbocycles. The summed E-state index contributed by atoms with van der Waals surface area (Å²) in [6.45, 7) is 3.25. The monoisotopic (exact) mass is 354 g/mol. The number of fused-ring (bicyclic) bond motifs is 1. The van der Waals surface area contributed by atoms with Gasteiger partial charge in [0.1, 0.15) is 5.82 Å². The van der Waals surface area contributed by atoms with Crippen LogP contribution in [0.5, 0.6) is 0 Å². The second-order valence-corrected chi connectivity index (χ2v) is 7.29. The van der Waals surface area contributed by atoms with Crippen molar-refractivity contribution in [3.05, 3.63) is 35.8 Å². The molecule has 2 aromatic heterocycles. The van der Waals surface area contributed by atoms with Crippen molar-refractivity contribution in [1.29, 1.82) is 0 Å². The number of nitrogens with one attached hydrogen (secondary N) is 1. The third-order valence-corrected chi connectivity index (χ3v) is 5.32. The highest BCUT2D eigenvalue weighted by Gasteiger charge is 2.35. The summed E-state index contributed by atoms with van der Waals surface area (Å²) in [5.74, 6) is 1.72. The molecule has 2 N–H and O–H groups in total. The van der Waals surface area contributed by atoms with Crippen LogP contribution in [0.3, 0.4) is 0 Å². The highest BCUT2D eigenvalue weighted by molar-refractivity contribution is 5.61. The Labute approximate surface area is 154 Å². The van der Waals surface area contributed by atoms with Gasteiger partial charge in [-0.2, -0.15) is 0 Å². The molecule has 0 bridgehead atoms. The van der Waals surface area contributed by atoms with Crippen molar-refractivity contribution in [3.8, 4) is 11.4 Å². The fourth-order valence-electron chi connectivity index (χ4n) is 3.87. The lowest BCUT2D eigenvalue weighted by Gasteiger charge is -2.24. The van der Waals surface area contributed by atoms with E-state index in [4.69, 9.17) is 9.97 Å². The lowest BCUT2D eigenvalue weighted by Crippen LogP contribution is -2.38. The van der Waals surface area contributed by atoms with Crippen molar-refractivity contribution in [3.63, 3.8) is 0 Å². The summed E-state index contributed by atoms with van der Waals surface area (Å²) in [4.78, 5) is 18.2. The van der Waals surface area contributed by atoms with Gasteiger partial charge in [0, 0.05) is 49.6 Å². The molecule has 0 unspecified atom stereocenters. The zero-order chi connectivity index (χ0) is 18.1. The predicted octanol–water partition coefficient (Wildman–Crippen LogP) is 0.338. The average Bonchev–Trinajstić information content (AvgIpc) is 2.88. The van der Waals surface area contributed by atoms with E-state index < -0.39 is 0 Å². The maximum atomic E-state index is 10.5. The van der Waals surface area contributed by atoms with E-state index >= 15 is 0 Å². The van der Waals surface area contributed by atoms with Gasteiger partial charge < -0.3 is 20.2 Å². The van der Waals surface area contributed by atoms with Crippen LogP contribution in [0, 0.1) is 0 Å². The molecule has 0 radical (unpaired) electrons. The number of hydrogen-bond acceptors (Lipinski definition) is 7. The highest BCUT2D eigenvalue weighted by atomic mass is 16.3. The van der Waals surface area contributed by atoms with Gasteiger partial charge in [-0.3, -0.25) is 4.98 Å². The van der Waals surface area contributed by atoms with Crippen LogP contribution in [0.2, 0.25) is 0 Å². The fourth-order valence-corrected chi connectivity index (χ4v) is 3.87. The Morgan fingerprint density at radius 2 is 1.88 bits per heavy atom. The summed E-state index contributed by atoms with van der Waals surface area (Å²) in [6, 6.07) is 4.01. The Bertz CT molecular complexity index is 766. The molecule has 2 aliphatic rings. The van der Waals surface area contributed by atoms with Crippen LogP contribution in [-0.2, 0) is 12.8 Å². The Morgan fingerprint density at radius 3 is 2.62 bits per heavy atom. The largest absolute Gasteiger partial charge is 0.390 e. The Hall–Kier alpha value is -2.09. The number of hydrogen-bond donors (Lipinski definition) is 2. The van der Waals surface area contributed by atoms with Crippen molar-refractivity contribution in [1.82, 2.24) is 25.2 Å². The molecule has 0 amide bonds.